The number of amidine groups is 1. The molecule has 1 atom stereocenters. The van der Waals surface area contributed by atoms with Gasteiger partial charge in [0.25, 0.3) is 0 Å². The van der Waals surface area contributed by atoms with Gasteiger partial charge in [-0.15, -0.1) is 11.3 Å². The zero-order chi connectivity index (χ0) is 16.4. The van der Waals surface area contributed by atoms with Crippen LogP contribution in [0.2, 0.25) is 0 Å². The molecule has 0 bridgehead atoms. The Morgan fingerprint density at radius 2 is 2.00 bits per heavy atom. The lowest BCUT2D eigenvalue weighted by Crippen LogP contribution is -2.48. The quantitative estimate of drug-likeness (QED) is 0.874. The number of aliphatic hydroxyl groups is 1. The lowest BCUT2D eigenvalue weighted by atomic mass is 9.86. The van der Waals surface area contributed by atoms with E-state index in [9.17, 15) is 9.90 Å². The first-order valence-corrected chi connectivity index (χ1v) is 8.39. The molecule has 2 aliphatic heterocycles. The van der Waals surface area contributed by atoms with Crippen molar-refractivity contribution in [2.24, 2.45) is 4.99 Å². The molecule has 1 saturated heterocycles. The second-order valence-corrected chi connectivity index (χ2v) is 7.41. The van der Waals surface area contributed by atoms with Gasteiger partial charge in [0, 0.05) is 18.5 Å². The minimum Gasteiger partial charge on any atom is -0.374 e. The molecule has 118 valence electrons. The first-order chi connectivity index (χ1) is 10.9. The Kier molecular flexibility index (Phi) is 2.98. The van der Waals surface area contributed by atoms with E-state index in [4.69, 9.17) is 0 Å². The molecule has 0 amide bonds. The number of fused-ring (bicyclic) bond motifs is 2. The number of hydrogen-bond donors (Lipinski definition) is 1. The van der Waals surface area contributed by atoms with Crippen LogP contribution in [0.3, 0.4) is 0 Å². The zero-order valence-corrected chi connectivity index (χ0v) is 14.1. The molecule has 0 saturated carbocycles. The number of thiazole rings is 1. The number of carbonyl (C=O) groups is 1. The number of aryl methyl sites for hydroxylation is 3. The third-order valence-electron chi connectivity index (χ3n) is 4.66. The first-order valence-electron chi connectivity index (χ1n) is 7.58. The maximum Gasteiger partial charge on any atom is 0.204 e. The normalized spacial score (nSPS) is 22.9. The number of hydrogen-bond acceptors (Lipinski definition) is 6. The summed E-state index contributed by atoms with van der Waals surface area (Å²) in [5, 5.41) is 12.9. The second-order valence-electron chi connectivity index (χ2n) is 6.20. The predicted octanol–water partition coefficient (Wildman–Crippen LogP) is 2.94. The molecule has 2 aromatic rings. The van der Waals surface area contributed by atoms with Crippen molar-refractivity contribution >= 4 is 33.6 Å². The molecular weight excluding hydrogens is 310 g/mol. The summed E-state index contributed by atoms with van der Waals surface area (Å²) in [4.78, 5) is 23.7. The lowest BCUT2D eigenvalue weighted by molar-refractivity contribution is 0.0602. The van der Waals surface area contributed by atoms with E-state index in [0.717, 1.165) is 21.1 Å². The maximum absolute atomic E-state index is 12.9. The number of ketones is 1. The average molecular weight is 327 g/mol. The Morgan fingerprint density at radius 3 is 2.70 bits per heavy atom. The number of Topliss-reactive ketones (excluding diaryl/α,β-unsaturated/α-hetero) is 1. The molecule has 1 aromatic carbocycles. The minimum atomic E-state index is -1.52. The van der Waals surface area contributed by atoms with E-state index in [1.54, 1.807) is 6.20 Å². The van der Waals surface area contributed by atoms with Gasteiger partial charge in [0.2, 0.25) is 5.78 Å². The van der Waals surface area contributed by atoms with E-state index in [0.29, 0.717) is 30.1 Å². The molecule has 3 heterocycles. The van der Waals surface area contributed by atoms with Crippen LogP contribution in [0.25, 0.3) is 0 Å². The SMILES string of the molecule is Cc1ncc(N2CC[C@@]3(O)C(=O)c4cc(C)c(C)cc4N=C23)s1. The second kappa shape index (κ2) is 4.72. The van der Waals surface area contributed by atoms with Gasteiger partial charge in [0.1, 0.15) is 5.00 Å². The summed E-state index contributed by atoms with van der Waals surface area (Å²) in [6.07, 6.45) is 2.13. The van der Waals surface area contributed by atoms with Crippen molar-refractivity contribution in [3.63, 3.8) is 0 Å². The standard InChI is InChI=1S/C17H17N3O2S/c1-9-6-12-13(7-10(9)2)19-16-17(22,15(12)21)4-5-20(16)14-8-18-11(3)23-14/h6-8,22H,4-5H2,1-3H3/t17-/m1/s1. The van der Waals surface area contributed by atoms with E-state index in [2.05, 4.69) is 9.98 Å². The van der Waals surface area contributed by atoms with E-state index in [1.165, 1.54) is 11.3 Å². The summed E-state index contributed by atoms with van der Waals surface area (Å²) in [5.41, 5.74) is 1.76. The summed E-state index contributed by atoms with van der Waals surface area (Å²) < 4.78 is 0. The van der Waals surface area contributed by atoms with Crippen LogP contribution in [0.4, 0.5) is 10.7 Å². The summed E-state index contributed by atoms with van der Waals surface area (Å²) in [6, 6.07) is 3.76. The van der Waals surface area contributed by atoms with Crippen molar-refractivity contribution in [3.8, 4) is 0 Å². The molecule has 2 aliphatic rings. The van der Waals surface area contributed by atoms with Gasteiger partial charge in [-0.1, -0.05) is 0 Å². The van der Waals surface area contributed by atoms with Crippen molar-refractivity contribution in [1.29, 1.82) is 0 Å². The third kappa shape index (κ3) is 1.98. The van der Waals surface area contributed by atoms with Crippen molar-refractivity contribution in [2.75, 3.05) is 11.4 Å². The van der Waals surface area contributed by atoms with E-state index in [-0.39, 0.29) is 5.78 Å². The molecule has 5 nitrogen and oxygen atoms in total. The van der Waals surface area contributed by atoms with Crippen LogP contribution in [0, 0.1) is 20.8 Å². The number of nitrogens with zero attached hydrogens (tertiary/aromatic N) is 3. The van der Waals surface area contributed by atoms with Gasteiger partial charge in [-0.2, -0.15) is 0 Å². The molecule has 0 aliphatic carbocycles. The fourth-order valence-electron chi connectivity index (χ4n) is 3.18. The van der Waals surface area contributed by atoms with E-state index < -0.39 is 5.60 Å². The Morgan fingerprint density at radius 1 is 1.26 bits per heavy atom. The number of aliphatic imine (C=N–C) groups is 1. The number of anilines is 1. The van der Waals surface area contributed by atoms with Gasteiger partial charge in [0.15, 0.2) is 11.4 Å². The van der Waals surface area contributed by atoms with Crippen molar-refractivity contribution in [2.45, 2.75) is 32.8 Å². The van der Waals surface area contributed by atoms with Crippen LogP contribution in [0.5, 0.6) is 0 Å². The van der Waals surface area contributed by atoms with Crippen LogP contribution in [0.1, 0.15) is 32.9 Å². The smallest absolute Gasteiger partial charge is 0.204 e. The van der Waals surface area contributed by atoms with E-state index in [1.807, 2.05) is 37.8 Å². The topological polar surface area (TPSA) is 65.8 Å². The van der Waals surface area contributed by atoms with Crippen molar-refractivity contribution in [3.05, 3.63) is 40.0 Å². The van der Waals surface area contributed by atoms with Gasteiger partial charge in [-0.05, 0) is 44.0 Å². The minimum absolute atomic E-state index is 0.246. The summed E-state index contributed by atoms with van der Waals surface area (Å²) in [7, 11) is 0. The molecule has 1 aromatic heterocycles. The molecule has 6 heteroatoms. The van der Waals surface area contributed by atoms with Crippen LogP contribution in [0.15, 0.2) is 23.3 Å². The monoisotopic (exact) mass is 327 g/mol. The highest BCUT2D eigenvalue weighted by Gasteiger charge is 2.52. The molecule has 0 radical (unpaired) electrons. The van der Waals surface area contributed by atoms with Gasteiger partial charge < -0.3 is 10.0 Å². The molecule has 0 spiro atoms. The Labute approximate surface area is 138 Å². The molecule has 23 heavy (non-hydrogen) atoms. The maximum atomic E-state index is 12.9. The van der Waals surface area contributed by atoms with Gasteiger partial charge in [-0.3, -0.25) is 4.79 Å². The predicted molar refractivity (Wildman–Crippen MR) is 91.1 cm³/mol. The Hall–Kier alpha value is -2.05. The van der Waals surface area contributed by atoms with Crippen LogP contribution in [-0.4, -0.2) is 33.9 Å². The van der Waals surface area contributed by atoms with E-state index >= 15 is 0 Å². The number of carbonyl (C=O) groups excluding carboxylic acids is 1. The average Bonchev–Trinajstić information content (AvgIpc) is 3.07. The van der Waals surface area contributed by atoms with Crippen LogP contribution < -0.4 is 4.90 Å². The van der Waals surface area contributed by atoms with Crippen LogP contribution >= 0.6 is 11.3 Å². The van der Waals surface area contributed by atoms with Crippen molar-refractivity contribution < 1.29 is 9.90 Å². The fourth-order valence-corrected chi connectivity index (χ4v) is 3.99. The highest BCUT2D eigenvalue weighted by atomic mass is 32.1. The van der Waals surface area contributed by atoms with Gasteiger partial charge >= 0.3 is 0 Å². The molecular formula is C17H17N3O2S. The highest BCUT2D eigenvalue weighted by molar-refractivity contribution is 7.15. The summed E-state index contributed by atoms with van der Waals surface area (Å²) in [5.74, 6) is 0.186. The number of aromatic nitrogens is 1. The van der Waals surface area contributed by atoms with Gasteiger partial charge in [0.05, 0.1) is 16.9 Å². The summed E-state index contributed by atoms with van der Waals surface area (Å²) in [6.45, 7) is 6.47. The highest BCUT2D eigenvalue weighted by Crippen LogP contribution is 2.41. The first kappa shape index (κ1) is 14.5. The zero-order valence-electron chi connectivity index (χ0n) is 13.3. The molecule has 4 rings (SSSR count). The third-order valence-corrected chi connectivity index (χ3v) is 5.59. The van der Waals surface area contributed by atoms with Crippen molar-refractivity contribution in [1.82, 2.24) is 4.98 Å². The van der Waals surface area contributed by atoms with Gasteiger partial charge in [-0.25, -0.2) is 9.98 Å². The fraction of sp³-hybridized carbons (Fsp3) is 0.353. The number of rotatable bonds is 1. The van der Waals surface area contributed by atoms with Crippen LogP contribution in [-0.2, 0) is 0 Å². The molecule has 0 unspecified atom stereocenters. The largest absolute Gasteiger partial charge is 0.374 e. The molecule has 1 N–H and O–H groups in total. The Balaban J connectivity index is 1.89. The summed E-state index contributed by atoms with van der Waals surface area (Å²) >= 11 is 1.54. The Bertz CT molecular complexity index is 871. The molecule has 1 fully saturated rings. The number of benzene rings is 1. The lowest BCUT2D eigenvalue weighted by Gasteiger charge is -2.29.